The molecule has 0 spiro atoms. The molecule has 1 aromatic heterocycles. The van der Waals surface area contributed by atoms with Gasteiger partial charge < -0.3 is 9.47 Å². The van der Waals surface area contributed by atoms with E-state index in [1.165, 1.54) is 18.3 Å². The number of pyridine rings is 1. The molecule has 1 N–H and O–H groups in total. The summed E-state index contributed by atoms with van der Waals surface area (Å²) in [6, 6.07) is 18.5. The molecular formula is C24H17N5O7. The van der Waals surface area contributed by atoms with Crippen molar-refractivity contribution in [1.29, 1.82) is 0 Å². The number of ether oxygens (including phenoxy) is 2. The fourth-order valence-corrected chi connectivity index (χ4v) is 3.14. The maximum absolute atomic E-state index is 12.1. The fraction of sp³-hybridized carbons (Fsp3) is 0.0417. The van der Waals surface area contributed by atoms with Crippen LogP contribution in [0, 0.1) is 20.2 Å². The van der Waals surface area contributed by atoms with Crippen LogP contribution in [0.1, 0.15) is 5.56 Å². The summed E-state index contributed by atoms with van der Waals surface area (Å²) in [6.45, 7) is -0.256. The number of hydrogen-bond acceptors (Lipinski definition) is 9. The minimum atomic E-state index is -0.757. The second-order valence-corrected chi connectivity index (χ2v) is 7.25. The van der Waals surface area contributed by atoms with Gasteiger partial charge in [0.1, 0.15) is 17.0 Å². The first-order valence-corrected chi connectivity index (χ1v) is 10.4. The van der Waals surface area contributed by atoms with E-state index in [2.05, 4.69) is 15.5 Å². The molecule has 4 rings (SSSR count). The van der Waals surface area contributed by atoms with Crippen molar-refractivity contribution < 1.29 is 24.1 Å². The molecule has 12 nitrogen and oxygen atoms in total. The molecule has 0 fully saturated rings. The standard InChI is InChI=1S/C24H17N5O7/c30-23(15-35-22-5-1-3-17-4-2-12-25-24(17)22)27-26-14-16-6-9-19(10-7-16)36-21-11-8-18(28(31)32)13-20(21)29(33)34/h1-14H,15H2,(H,27,30)/b26-14-. The Kier molecular flexibility index (Phi) is 7.06. The molecular weight excluding hydrogens is 470 g/mol. The maximum Gasteiger partial charge on any atom is 0.318 e. The Balaban J connectivity index is 1.33. The molecule has 0 unspecified atom stereocenters. The van der Waals surface area contributed by atoms with Crippen LogP contribution in [-0.2, 0) is 4.79 Å². The summed E-state index contributed by atoms with van der Waals surface area (Å²) >= 11 is 0. The third-order valence-electron chi connectivity index (χ3n) is 4.82. The van der Waals surface area contributed by atoms with Crippen LogP contribution in [0.3, 0.4) is 0 Å². The predicted octanol–water partition coefficient (Wildman–Crippen LogP) is 4.37. The van der Waals surface area contributed by atoms with Crippen LogP contribution in [-0.4, -0.2) is 33.6 Å². The van der Waals surface area contributed by atoms with Gasteiger partial charge in [-0.3, -0.25) is 30.0 Å². The molecule has 0 aliphatic heterocycles. The molecule has 0 aliphatic carbocycles. The number of hydrazone groups is 1. The van der Waals surface area contributed by atoms with Crippen molar-refractivity contribution in [3.8, 4) is 17.2 Å². The largest absolute Gasteiger partial charge is 0.481 e. The minimum Gasteiger partial charge on any atom is -0.481 e. The van der Waals surface area contributed by atoms with E-state index in [0.717, 1.165) is 23.6 Å². The van der Waals surface area contributed by atoms with Gasteiger partial charge in [-0.25, -0.2) is 5.43 Å². The average Bonchev–Trinajstić information content (AvgIpc) is 2.88. The molecule has 0 saturated heterocycles. The van der Waals surface area contributed by atoms with Gasteiger partial charge in [-0.2, -0.15) is 5.10 Å². The van der Waals surface area contributed by atoms with Crippen LogP contribution in [0.5, 0.6) is 17.2 Å². The molecule has 0 saturated carbocycles. The predicted molar refractivity (Wildman–Crippen MR) is 129 cm³/mol. The lowest BCUT2D eigenvalue weighted by molar-refractivity contribution is -0.394. The summed E-state index contributed by atoms with van der Waals surface area (Å²) < 4.78 is 11.1. The van der Waals surface area contributed by atoms with Gasteiger partial charge >= 0.3 is 5.69 Å². The van der Waals surface area contributed by atoms with Crippen molar-refractivity contribution in [1.82, 2.24) is 10.4 Å². The Morgan fingerprint density at radius 1 is 0.972 bits per heavy atom. The van der Waals surface area contributed by atoms with Gasteiger partial charge in [0, 0.05) is 17.6 Å². The van der Waals surface area contributed by atoms with Crippen molar-refractivity contribution in [2.45, 2.75) is 0 Å². The number of carbonyl (C=O) groups is 1. The van der Waals surface area contributed by atoms with Crippen molar-refractivity contribution in [3.05, 3.63) is 105 Å². The van der Waals surface area contributed by atoms with Crippen molar-refractivity contribution in [3.63, 3.8) is 0 Å². The van der Waals surface area contributed by atoms with Crippen LogP contribution in [0.2, 0.25) is 0 Å². The second kappa shape index (κ2) is 10.7. The van der Waals surface area contributed by atoms with Gasteiger partial charge in [0.05, 0.1) is 22.1 Å². The van der Waals surface area contributed by atoms with E-state index in [-0.39, 0.29) is 18.1 Å². The van der Waals surface area contributed by atoms with E-state index < -0.39 is 27.1 Å². The number of nitrogens with one attached hydrogen (secondary N) is 1. The van der Waals surface area contributed by atoms with Crippen LogP contribution in [0.4, 0.5) is 11.4 Å². The number of nitro benzene ring substituents is 2. The average molecular weight is 487 g/mol. The third-order valence-corrected chi connectivity index (χ3v) is 4.82. The Morgan fingerprint density at radius 3 is 2.50 bits per heavy atom. The van der Waals surface area contributed by atoms with E-state index in [1.807, 2.05) is 24.3 Å². The van der Waals surface area contributed by atoms with E-state index in [9.17, 15) is 25.0 Å². The highest BCUT2D eigenvalue weighted by Gasteiger charge is 2.21. The summed E-state index contributed by atoms with van der Waals surface area (Å²) in [5.74, 6) is 0.145. The van der Waals surface area contributed by atoms with Gasteiger partial charge in [-0.05, 0) is 48.0 Å². The van der Waals surface area contributed by atoms with Crippen LogP contribution in [0.15, 0.2) is 84.1 Å². The van der Waals surface area contributed by atoms with Crippen molar-refractivity contribution in [2.75, 3.05) is 6.61 Å². The normalized spacial score (nSPS) is 10.8. The van der Waals surface area contributed by atoms with Gasteiger partial charge in [0.2, 0.25) is 5.75 Å². The number of rotatable bonds is 9. The quantitative estimate of drug-likeness (QED) is 0.207. The van der Waals surface area contributed by atoms with Crippen LogP contribution < -0.4 is 14.9 Å². The Hall–Kier alpha value is -5.39. The minimum absolute atomic E-state index is 0.138. The summed E-state index contributed by atoms with van der Waals surface area (Å²) in [5, 5.41) is 26.9. The topological polar surface area (TPSA) is 159 Å². The van der Waals surface area contributed by atoms with Gasteiger partial charge in [0.15, 0.2) is 6.61 Å². The highest BCUT2D eigenvalue weighted by Crippen LogP contribution is 2.34. The van der Waals surface area contributed by atoms with Crippen molar-refractivity contribution >= 4 is 34.4 Å². The number of para-hydroxylation sites is 1. The number of nitro groups is 2. The highest BCUT2D eigenvalue weighted by molar-refractivity contribution is 5.85. The summed E-state index contributed by atoms with van der Waals surface area (Å²) in [7, 11) is 0. The smallest absolute Gasteiger partial charge is 0.318 e. The summed E-state index contributed by atoms with van der Waals surface area (Å²) in [4.78, 5) is 36.9. The SMILES string of the molecule is O=C(COc1cccc2cccnc12)N/N=C\c1ccc(Oc2ccc([N+](=O)[O-])cc2[N+](=O)[O-])cc1. The van der Waals surface area contributed by atoms with Gasteiger partial charge in [-0.15, -0.1) is 0 Å². The number of nitrogens with zero attached hydrogens (tertiary/aromatic N) is 4. The van der Waals surface area contributed by atoms with E-state index in [0.29, 0.717) is 16.8 Å². The number of amides is 1. The number of benzene rings is 3. The first-order valence-electron chi connectivity index (χ1n) is 10.4. The summed E-state index contributed by atoms with van der Waals surface area (Å²) in [6.07, 6.45) is 3.04. The molecule has 0 aliphatic rings. The van der Waals surface area contributed by atoms with Gasteiger partial charge in [-0.1, -0.05) is 18.2 Å². The molecule has 36 heavy (non-hydrogen) atoms. The van der Waals surface area contributed by atoms with E-state index in [4.69, 9.17) is 9.47 Å². The molecule has 1 heterocycles. The number of fused-ring (bicyclic) bond motifs is 1. The molecule has 0 radical (unpaired) electrons. The molecule has 3 aromatic carbocycles. The van der Waals surface area contributed by atoms with Gasteiger partial charge in [0.25, 0.3) is 11.6 Å². The van der Waals surface area contributed by atoms with Crippen molar-refractivity contribution in [2.24, 2.45) is 5.10 Å². The third kappa shape index (κ3) is 5.75. The lowest BCUT2D eigenvalue weighted by Crippen LogP contribution is -2.24. The molecule has 4 aromatic rings. The fourth-order valence-electron chi connectivity index (χ4n) is 3.14. The lowest BCUT2D eigenvalue weighted by atomic mass is 10.2. The highest BCUT2D eigenvalue weighted by atomic mass is 16.6. The number of hydrogen-bond donors (Lipinski definition) is 1. The Morgan fingerprint density at radius 2 is 1.75 bits per heavy atom. The Bertz CT molecular complexity index is 1470. The first kappa shape index (κ1) is 23.8. The number of non-ortho nitro benzene ring substituents is 1. The second-order valence-electron chi connectivity index (χ2n) is 7.25. The zero-order valence-electron chi connectivity index (χ0n) is 18.4. The zero-order valence-corrected chi connectivity index (χ0v) is 18.4. The van der Waals surface area contributed by atoms with Crippen LogP contribution >= 0.6 is 0 Å². The lowest BCUT2D eigenvalue weighted by Gasteiger charge is -2.07. The zero-order chi connectivity index (χ0) is 25.5. The van der Waals surface area contributed by atoms with E-state index >= 15 is 0 Å². The summed E-state index contributed by atoms with van der Waals surface area (Å²) in [5.41, 5.74) is 2.68. The van der Waals surface area contributed by atoms with E-state index in [1.54, 1.807) is 24.4 Å². The number of aromatic nitrogens is 1. The monoisotopic (exact) mass is 487 g/mol. The molecule has 180 valence electrons. The first-order chi connectivity index (χ1) is 17.4. The van der Waals surface area contributed by atoms with Crippen LogP contribution in [0.25, 0.3) is 10.9 Å². The number of carbonyl (C=O) groups excluding carboxylic acids is 1. The maximum atomic E-state index is 12.1. The Labute approximate surface area is 203 Å². The molecule has 0 atom stereocenters. The molecule has 0 bridgehead atoms. The molecule has 1 amide bonds. The molecule has 12 heteroatoms.